The van der Waals surface area contributed by atoms with Crippen molar-refractivity contribution in [1.29, 1.82) is 0 Å². The lowest BCUT2D eigenvalue weighted by Gasteiger charge is -2.27. The Bertz CT molecular complexity index is 1820. The van der Waals surface area contributed by atoms with E-state index in [1.807, 2.05) is 0 Å². The number of imidazole rings is 1. The van der Waals surface area contributed by atoms with Gasteiger partial charge in [-0.15, -0.1) is 0 Å². The Hall–Kier alpha value is -4.84. The lowest BCUT2D eigenvalue weighted by Crippen LogP contribution is -2.32. The van der Waals surface area contributed by atoms with Crippen LogP contribution in [0.1, 0.15) is 33.9 Å². The first-order valence-corrected chi connectivity index (χ1v) is 13.0. The first kappa shape index (κ1) is 27.3. The Labute approximate surface area is 236 Å². The third-order valence-electron chi connectivity index (χ3n) is 6.96. The molecule has 4 heterocycles. The van der Waals surface area contributed by atoms with E-state index in [-0.39, 0.29) is 36.1 Å². The summed E-state index contributed by atoms with van der Waals surface area (Å²) in [5.74, 6) is -4.04. The molecule has 8 nitrogen and oxygen atoms in total. The molecule has 0 saturated carbocycles. The van der Waals surface area contributed by atoms with Crippen LogP contribution in [0.2, 0.25) is 0 Å². The number of hydrogen-bond acceptors (Lipinski definition) is 6. The van der Waals surface area contributed by atoms with E-state index in [2.05, 4.69) is 15.0 Å². The van der Waals surface area contributed by atoms with Crippen LogP contribution in [0.3, 0.4) is 0 Å². The number of nitrogens with zero attached hydrogens (tertiary/aromatic N) is 4. The second kappa shape index (κ2) is 11.2. The van der Waals surface area contributed by atoms with Crippen molar-refractivity contribution in [3.63, 3.8) is 0 Å². The second-order valence-electron chi connectivity index (χ2n) is 9.76. The quantitative estimate of drug-likeness (QED) is 0.224. The number of pyridine rings is 2. The van der Waals surface area contributed by atoms with Gasteiger partial charge in [0.15, 0.2) is 17.2 Å². The lowest BCUT2D eigenvalue weighted by atomic mass is 10.1. The van der Waals surface area contributed by atoms with E-state index >= 15 is 4.39 Å². The van der Waals surface area contributed by atoms with Crippen LogP contribution in [-0.2, 0) is 24.3 Å². The highest BCUT2D eigenvalue weighted by Crippen LogP contribution is 2.27. The van der Waals surface area contributed by atoms with Crippen LogP contribution in [0.15, 0.2) is 60.7 Å². The van der Waals surface area contributed by atoms with Gasteiger partial charge in [0.25, 0.3) is 5.88 Å². The van der Waals surface area contributed by atoms with Gasteiger partial charge in [-0.05, 0) is 54.4 Å². The molecule has 12 heteroatoms. The molecule has 5 aromatic rings. The Kier molecular flexibility index (Phi) is 7.29. The number of benzene rings is 2. The van der Waals surface area contributed by atoms with Gasteiger partial charge < -0.3 is 19.1 Å². The minimum Gasteiger partial charge on any atom is -0.477 e. The molecular weight excluding hydrogens is 556 g/mol. The zero-order valence-electron chi connectivity index (χ0n) is 21.9. The van der Waals surface area contributed by atoms with Crippen molar-refractivity contribution in [2.45, 2.75) is 32.1 Å². The maximum atomic E-state index is 15.4. The summed E-state index contributed by atoms with van der Waals surface area (Å²) in [6.45, 7) is 0.637. The van der Waals surface area contributed by atoms with Crippen molar-refractivity contribution in [3.05, 3.63) is 107 Å². The van der Waals surface area contributed by atoms with Crippen molar-refractivity contribution < 1.29 is 36.9 Å². The normalized spacial score (nSPS) is 14.6. The summed E-state index contributed by atoms with van der Waals surface area (Å²) in [4.78, 5) is 24.4. The molecule has 6 rings (SSSR count). The van der Waals surface area contributed by atoms with Crippen molar-refractivity contribution in [1.82, 2.24) is 19.5 Å². The van der Waals surface area contributed by atoms with Gasteiger partial charge in [0.05, 0.1) is 18.3 Å². The molecule has 0 amide bonds. The maximum absolute atomic E-state index is 15.4. The Morgan fingerprint density at radius 1 is 0.929 bits per heavy atom. The molecule has 1 aliphatic rings. The molecule has 1 atom stereocenters. The Balaban J connectivity index is 1.25. The molecule has 1 saturated heterocycles. The van der Waals surface area contributed by atoms with Gasteiger partial charge >= 0.3 is 5.97 Å². The third kappa shape index (κ3) is 5.53. The molecule has 1 fully saturated rings. The predicted octanol–water partition coefficient (Wildman–Crippen LogP) is 5.71. The van der Waals surface area contributed by atoms with Crippen molar-refractivity contribution in [2.75, 3.05) is 6.61 Å². The summed E-state index contributed by atoms with van der Waals surface area (Å²) in [5, 5.41) is 9.38. The Morgan fingerprint density at radius 2 is 1.71 bits per heavy atom. The first-order chi connectivity index (χ1) is 20.2. The van der Waals surface area contributed by atoms with Gasteiger partial charge in [-0.2, -0.15) is 0 Å². The molecule has 2 aromatic carbocycles. The fourth-order valence-corrected chi connectivity index (χ4v) is 4.62. The second-order valence-corrected chi connectivity index (χ2v) is 9.76. The van der Waals surface area contributed by atoms with Crippen LogP contribution >= 0.6 is 0 Å². The number of carboxylic acid groups (broad SMARTS) is 1. The van der Waals surface area contributed by atoms with Crippen molar-refractivity contribution in [3.8, 4) is 17.1 Å². The molecule has 0 radical (unpaired) electrons. The number of carbonyl (C=O) groups is 1. The van der Waals surface area contributed by atoms with Gasteiger partial charge in [-0.3, -0.25) is 0 Å². The summed E-state index contributed by atoms with van der Waals surface area (Å²) in [5.41, 5.74) is 1.62. The number of rotatable bonds is 9. The summed E-state index contributed by atoms with van der Waals surface area (Å²) in [6.07, 6.45) is 0.839. The minimum absolute atomic E-state index is 0.0164. The maximum Gasteiger partial charge on any atom is 0.354 e. The van der Waals surface area contributed by atoms with Crippen molar-refractivity contribution >= 4 is 17.1 Å². The summed E-state index contributed by atoms with van der Waals surface area (Å²) in [6, 6.07) is 12.8. The molecular formula is C30H22F4N4O4. The van der Waals surface area contributed by atoms with E-state index in [1.165, 1.54) is 24.3 Å². The average Bonchev–Trinajstić information content (AvgIpc) is 3.28. The van der Waals surface area contributed by atoms with E-state index < -0.39 is 35.1 Å². The number of hydrogen-bond donors (Lipinski definition) is 1. The molecule has 1 aliphatic heterocycles. The molecule has 42 heavy (non-hydrogen) atoms. The predicted molar refractivity (Wildman–Crippen MR) is 142 cm³/mol. The zero-order chi connectivity index (χ0) is 29.4. The number of fused-ring (bicyclic) bond motifs is 1. The highest BCUT2D eigenvalue weighted by molar-refractivity contribution is 5.88. The lowest BCUT2D eigenvalue weighted by molar-refractivity contribution is -0.0590. The average molecular weight is 579 g/mol. The summed E-state index contributed by atoms with van der Waals surface area (Å²) < 4.78 is 69.5. The van der Waals surface area contributed by atoms with Crippen LogP contribution in [0.5, 0.6) is 5.88 Å². The number of halogens is 4. The van der Waals surface area contributed by atoms with Crippen molar-refractivity contribution in [2.24, 2.45) is 0 Å². The van der Waals surface area contributed by atoms with E-state index in [4.69, 9.17) is 9.47 Å². The van der Waals surface area contributed by atoms with Gasteiger partial charge in [0, 0.05) is 30.2 Å². The number of carboxylic acids is 1. The van der Waals surface area contributed by atoms with Crippen LogP contribution < -0.4 is 4.74 Å². The SMILES string of the molecule is O=C(O)c1ccc2nc(Cc3ccc(-c4ccc(F)c(OCc5ccc(F)cc5F)n4)cc3F)n(C[C@@H]3CCO3)c2n1. The van der Waals surface area contributed by atoms with E-state index in [0.717, 1.165) is 18.6 Å². The van der Waals surface area contributed by atoms with E-state index in [0.29, 0.717) is 47.3 Å². The Morgan fingerprint density at radius 3 is 2.43 bits per heavy atom. The summed E-state index contributed by atoms with van der Waals surface area (Å²) in [7, 11) is 0. The van der Waals surface area contributed by atoms with Crippen LogP contribution in [0.25, 0.3) is 22.4 Å². The zero-order valence-corrected chi connectivity index (χ0v) is 21.9. The van der Waals surface area contributed by atoms with E-state index in [1.54, 1.807) is 22.8 Å². The van der Waals surface area contributed by atoms with Gasteiger partial charge in [-0.1, -0.05) is 12.1 Å². The topological polar surface area (TPSA) is 99.4 Å². The highest BCUT2D eigenvalue weighted by atomic mass is 19.1. The summed E-state index contributed by atoms with van der Waals surface area (Å²) >= 11 is 0. The smallest absolute Gasteiger partial charge is 0.354 e. The first-order valence-electron chi connectivity index (χ1n) is 13.0. The molecule has 3 aromatic heterocycles. The largest absolute Gasteiger partial charge is 0.477 e. The van der Waals surface area contributed by atoms with Gasteiger partial charge in [0.2, 0.25) is 0 Å². The fourth-order valence-electron chi connectivity index (χ4n) is 4.62. The molecule has 0 bridgehead atoms. The fraction of sp³-hybridized carbons (Fsp3) is 0.200. The molecule has 0 unspecified atom stereocenters. The number of ether oxygens (including phenoxy) is 2. The van der Waals surface area contributed by atoms with Crippen LogP contribution in [-0.4, -0.2) is 43.3 Å². The number of aromatic carboxylic acids is 1. The standard InChI is InChI=1S/C30H22F4N4O4/c31-19-4-3-18(23(34)13-19)15-42-29-21(32)5-6-24(37-29)17-2-1-16(22(33)11-17)12-27-35-25-7-8-26(30(39)40)36-28(25)38(27)14-20-9-10-41-20/h1-8,11,13,20H,9-10,12,14-15H2,(H,39,40)/t20-/m0/s1. The molecule has 0 spiro atoms. The molecule has 214 valence electrons. The van der Waals surface area contributed by atoms with Gasteiger partial charge in [-0.25, -0.2) is 37.3 Å². The minimum atomic E-state index is -1.17. The highest BCUT2D eigenvalue weighted by Gasteiger charge is 2.24. The van der Waals surface area contributed by atoms with Crippen LogP contribution in [0, 0.1) is 23.3 Å². The van der Waals surface area contributed by atoms with Gasteiger partial charge in [0.1, 0.15) is 35.4 Å². The van der Waals surface area contributed by atoms with Crippen LogP contribution in [0.4, 0.5) is 17.6 Å². The van der Waals surface area contributed by atoms with E-state index in [9.17, 15) is 23.1 Å². The molecule has 0 aliphatic carbocycles. The number of aromatic nitrogens is 4. The third-order valence-corrected chi connectivity index (χ3v) is 6.96. The monoisotopic (exact) mass is 578 g/mol. The molecule has 1 N–H and O–H groups in total.